The Labute approximate surface area is 125 Å². The number of nitrogens with zero attached hydrogens (tertiary/aromatic N) is 2. The van der Waals surface area contributed by atoms with Gasteiger partial charge in [0.05, 0.1) is 6.61 Å². The lowest BCUT2D eigenvalue weighted by Crippen LogP contribution is -2.21. The molecule has 0 bridgehead atoms. The highest BCUT2D eigenvalue weighted by Gasteiger charge is 2.19. The number of anilines is 1. The zero-order chi connectivity index (χ0) is 14.4. The third kappa shape index (κ3) is 4.13. The van der Waals surface area contributed by atoms with E-state index in [1.165, 1.54) is 11.8 Å². The molecule has 0 radical (unpaired) electrons. The average Bonchev–Trinajstić information content (AvgIpc) is 2.46. The number of ether oxygens (including phenoxy) is 1. The van der Waals surface area contributed by atoms with Gasteiger partial charge in [0.2, 0.25) is 5.88 Å². The normalized spacial score (nSPS) is 21.8. The van der Waals surface area contributed by atoms with Crippen molar-refractivity contribution in [2.75, 3.05) is 24.7 Å². The van der Waals surface area contributed by atoms with Crippen LogP contribution in [0.5, 0.6) is 5.88 Å². The van der Waals surface area contributed by atoms with Crippen molar-refractivity contribution in [3.63, 3.8) is 0 Å². The van der Waals surface area contributed by atoms with Gasteiger partial charge < -0.3 is 10.1 Å². The van der Waals surface area contributed by atoms with E-state index in [4.69, 9.17) is 4.74 Å². The topological polar surface area (TPSA) is 47.0 Å². The molecule has 1 aliphatic rings. The second-order valence-corrected chi connectivity index (χ2v) is 5.87. The van der Waals surface area contributed by atoms with E-state index < -0.39 is 0 Å². The van der Waals surface area contributed by atoms with Gasteiger partial charge in [0.25, 0.3) is 0 Å². The zero-order valence-electron chi connectivity index (χ0n) is 12.4. The van der Waals surface area contributed by atoms with Crippen molar-refractivity contribution in [1.82, 2.24) is 9.97 Å². The van der Waals surface area contributed by atoms with E-state index in [1.54, 1.807) is 0 Å². The van der Waals surface area contributed by atoms with Crippen molar-refractivity contribution >= 4 is 17.6 Å². The lowest BCUT2D eigenvalue weighted by atomic mass is 9.85. The number of hydrogen-bond acceptors (Lipinski definition) is 5. The van der Waals surface area contributed by atoms with Crippen LogP contribution in [0.15, 0.2) is 23.4 Å². The summed E-state index contributed by atoms with van der Waals surface area (Å²) in [5, 5.41) is 3.96. The monoisotopic (exact) mass is 293 g/mol. The van der Waals surface area contributed by atoms with Crippen LogP contribution in [0.25, 0.3) is 0 Å². The molecule has 5 heteroatoms. The first-order valence-electron chi connectivity index (χ1n) is 7.17. The van der Waals surface area contributed by atoms with Crippen LogP contribution in [-0.4, -0.2) is 29.4 Å². The molecule has 1 N–H and O–H groups in total. The van der Waals surface area contributed by atoms with Gasteiger partial charge in [0, 0.05) is 12.6 Å². The number of hydrogen-bond donors (Lipinski definition) is 1. The van der Waals surface area contributed by atoms with Gasteiger partial charge in [-0.1, -0.05) is 30.8 Å². The van der Waals surface area contributed by atoms with E-state index in [9.17, 15) is 0 Å². The number of aromatic nitrogens is 2. The summed E-state index contributed by atoms with van der Waals surface area (Å²) in [4.78, 5) is 8.82. The summed E-state index contributed by atoms with van der Waals surface area (Å²) in [7, 11) is 0. The Morgan fingerprint density at radius 3 is 2.85 bits per heavy atom. The maximum atomic E-state index is 5.91. The molecule has 0 amide bonds. The van der Waals surface area contributed by atoms with Crippen LogP contribution in [0.3, 0.4) is 0 Å². The first-order chi connectivity index (χ1) is 9.72. The summed E-state index contributed by atoms with van der Waals surface area (Å²) < 4.78 is 5.91. The molecule has 1 aromatic rings. The molecule has 0 aliphatic heterocycles. The van der Waals surface area contributed by atoms with Gasteiger partial charge in [0.15, 0.2) is 5.16 Å². The van der Waals surface area contributed by atoms with Crippen LogP contribution in [0, 0.1) is 11.8 Å². The van der Waals surface area contributed by atoms with E-state index >= 15 is 0 Å². The van der Waals surface area contributed by atoms with Crippen LogP contribution in [0.4, 0.5) is 5.82 Å². The summed E-state index contributed by atoms with van der Waals surface area (Å²) >= 11 is 1.53. The minimum Gasteiger partial charge on any atom is -0.477 e. The van der Waals surface area contributed by atoms with Crippen LogP contribution in [0.2, 0.25) is 0 Å². The minimum atomic E-state index is 0.579. The van der Waals surface area contributed by atoms with Crippen molar-refractivity contribution in [3.05, 3.63) is 18.2 Å². The van der Waals surface area contributed by atoms with Crippen LogP contribution in [-0.2, 0) is 0 Å². The summed E-state index contributed by atoms with van der Waals surface area (Å²) in [6.45, 7) is 5.91. The average molecular weight is 293 g/mol. The molecule has 110 valence electrons. The van der Waals surface area contributed by atoms with E-state index in [-0.39, 0.29) is 0 Å². The van der Waals surface area contributed by atoms with Crippen LogP contribution >= 0.6 is 11.8 Å². The summed E-state index contributed by atoms with van der Waals surface area (Å²) in [6.07, 6.45) is 8.74. The fourth-order valence-corrected chi connectivity index (χ4v) is 2.64. The number of thioether (sulfide) groups is 1. The molecule has 2 atom stereocenters. The third-order valence-electron chi connectivity index (χ3n) is 3.59. The summed E-state index contributed by atoms with van der Waals surface area (Å²) in [5.74, 6) is 2.76. The smallest absolute Gasteiger partial charge is 0.219 e. The van der Waals surface area contributed by atoms with E-state index in [0.717, 1.165) is 37.0 Å². The molecule has 4 nitrogen and oxygen atoms in total. The van der Waals surface area contributed by atoms with E-state index in [1.807, 2.05) is 12.3 Å². The maximum absolute atomic E-state index is 5.91. The lowest BCUT2D eigenvalue weighted by molar-refractivity contribution is 0.191. The first-order valence-corrected chi connectivity index (χ1v) is 8.40. The largest absolute Gasteiger partial charge is 0.477 e. The van der Waals surface area contributed by atoms with Gasteiger partial charge in [-0.2, -0.15) is 4.98 Å². The van der Waals surface area contributed by atoms with Crippen molar-refractivity contribution in [2.24, 2.45) is 11.8 Å². The standard InChI is InChI=1S/C15H23N3OS/c1-4-16-13-9-14(18-15(17-13)20-3)19-10-12-8-6-5-7-11(12)2/h5-6,9,11-12H,4,7-8,10H2,1-3H3,(H,16,17,18). The molecule has 1 aliphatic carbocycles. The van der Waals surface area contributed by atoms with Crippen LogP contribution in [0.1, 0.15) is 26.7 Å². The van der Waals surface area contributed by atoms with Gasteiger partial charge in [0.1, 0.15) is 5.82 Å². The molecular weight excluding hydrogens is 270 g/mol. The maximum Gasteiger partial charge on any atom is 0.219 e. The van der Waals surface area contributed by atoms with Gasteiger partial charge in [-0.05, 0) is 37.9 Å². The molecule has 1 heterocycles. The van der Waals surface area contributed by atoms with Crippen molar-refractivity contribution < 1.29 is 4.74 Å². The molecule has 20 heavy (non-hydrogen) atoms. The quantitative estimate of drug-likeness (QED) is 0.493. The second-order valence-electron chi connectivity index (χ2n) is 5.10. The molecule has 2 rings (SSSR count). The fourth-order valence-electron chi connectivity index (χ4n) is 2.27. The van der Waals surface area contributed by atoms with Crippen molar-refractivity contribution in [1.29, 1.82) is 0 Å². The Bertz CT molecular complexity index is 464. The lowest BCUT2D eigenvalue weighted by Gasteiger charge is -2.25. The summed E-state index contributed by atoms with van der Waals surface area (Å²) in [5.41, 5.74) is 0. The third-order valence-corrected chi connectivity index (χ3v) is 4.13. The highest BCUT2D eigenvalue weighted by molar-refractivity contribution is 7.98. The van der Waals surface area contributed by atoms with E-state index in [2.05, 4.69) is 41.3 Å². The van der Waals surface area contributed by atoms with Gasteiger partial charge in [-0.3, -0.25) is 0 Å². The highest BCUT2D eigenvalue weighted by Crippen LogP contribution is 2.26. The molecule has 2 unspecified atom stereocenters. The predicted molar refractivity (Wildman–Crippen MR) is 84.5 cm³/mol. The molecule has 0 aromatic carbocycles. The van der Waals surface area contributed by atoms with Crippen LogP contribution < -0.4 is 10.1 Å². The Kier molecular flexibility index (Phi) is 5.71. The Balaban J connectivity index is 2.00. The predicted octanol–water partition coefficient (Wildman–Crippen LogP) is 3.61. The van der Waals surface area contributed by atoms with Crippen molar-refractivity contribution in [2.45, 2.75) is 31.8 Å². The number of nitrogens with one attached hydrogen (secondary N) is 1. The minimum absolute atomic E-state index is 0.579. The highest BCUT2D eigenvalue weighted by atomic mass is 32.2. The number of rotatable bonds is 6. The molecule has 0 fully saturated rings. The molecule has 0 saturated carbocycles. The van der Waals surface area contributed by atoms with Gasteiger partial charge in [-0.15, -0.1) is 0 Å². The Morgan fingerprint density at radius 1 is 1.35 bits per heavy atom. The molecule has 1 aromatic heterocycles. The Morgan fingerprint density at radius 2 is 2.15 bits per heavy atom. The van der Waals surface area contributed by atoms with Gasteiger partial charge >= 0.3 is 0 Å². The van der Waals surface area contributed by atoms with Crippen molar-refractivity contribution in [3.8, 4) is 5.88 Å². The summed E-state index contributed by atoms with van der Waals surface area (Å²) in [6, 6.07) is 1.88. The second kappa shape index (κ2) is 7.53. The number of allylic oxidation sites excluding steroid dienone is 2. The SMILES string of the molecule is CCNc1cc(OCC2CC=CCC2C)nc(SC)n1. The fraction of sp³-hybridized carbons (Fsp3) is 0.600. The molecular formula is C15H23N3OS. The van der Waals surface area contributed by atoms with E-state index in [0.29, 0.717) is 17.7 Å². The first kappa shape index (κ1) is 15.2. The zero-order valence-corrected chi connectivity index (χ0v) is 13.2. The molecule has 0 saturated heterocycles. The molecule has 0 spiro atoms. The van der Waals surface area contributed by atoms with Gasteiger partial charge in [-0.25, -0.2) is 4.98 Å². The Hall–Kier alpha value is -1.23.